The summed E-state index contributed by atoms with van der Waals surface area (Å²) in [6, 6.07) is 5.14. The van der Waals surface area contributed by atoms with Gasteiger partial charge in [0.15, 0.2) is 5.84 Å². The molecular formula is C14H20FN3O. The van der Waals surface area contributed by atoms with Crippen LogP contribution in [0.1, 0.15) is 30.9 Å². The monoisotopic (exact) mass is 265 g/mol. The number of hydrogen-bond acceptors (Lipinski definition) is 3. The molecule has 1 unspecified atom stereocenters. The second-order valence-electron chi connectivity index (χ2n) is 5.28. The van der Waals surface area contributed by atoms with Crippen LogP contribution in [0.15, 0.2) is 23.4 Å². The summed E-state index contributed by atoms with van der Waals surface area (Å²) >= 11 is 0. The molecule has 2 rings (SSSR count). The number of oxime groups is 1. The van der Waals surface area contributed by atoms with Crippen LogP contribution in [-0.4, -0.2) is 29.0 Å². The number of benzene rings is 1. The summed E-state index contributed by atoms with van der Waals surface area (Å²) < 4.78 is 14.0. The van der Waals surface area contributed by atoms with E-state index in [1.807, 2.05) is 7.05 Å². The van der Waals surface area contributed by atoms with E-state index < -0.39 is 0 Å². The summed E-state index contributed by atoms with van der Waals surface area (Å²) in [6.45, 7) is 2.75. The maximum atomic E-state index is 14.0. The predicted octanol–water partition coefficient (Wildman–Crippen LogP) is 2.15. The average Bonchev–Trinajstić information content (AvgIpc) is 3.23. The van der Waals surface area contributed by atoms with Gasteiger partial charge in [0.2, 0.25) is 0 Å². The van der Waals surface area contributed by atoms with E-state index in [0.717, 1.165) is 5.92 Å². The lowest BCUT2D eigenvalue weighted by Crippen LogP contribution is -2.30. The van der Waals surface area contributed by atoms with Gasteiger partial charge in [0.05, 0.1) is 0 Å². The zero-order chi connectivity index (χ0) is 14.0. The first-order chi connectivity index (χ1) is 9.02. The Balaban J connectivity index is 2.08. The van der Waals surface area contributed by atoms with Crippen molar-refractivity contribution in [1.82, 2.24) is 4.90 Å². The Bertz CT molecular complexity index is 486. The highest BCUT2D eigenvalue weighted by Crippen LogP contribution is 2.35. The maximum Gasteiger partial charge on any atom is 0.170 e. The second-order valence-corrected chi connectivity index (χ2v) is 5.28. The van der Waals surface area contributed by atoms with E-state index in [0.29, 0.717) is 23.7 Å². The lowest BCUT2D eigenvalue weighted by Gasteiger charge is -2.24. The van der Waals surface area contributed by atoms with Gasteiger partial charge in [0, 0.05) is 23.7 Å². The molecule has 1 aliphatic carbocycles. The smallest absolute Gasteiger partial charge is 0.170 e. The third kappa shape index (κ3) is 3.23. The average molecular weight is 265 g/mol. The van der Waals surface area contributed by atoms with Crippen molar-refractivity contribution >= 4 is 5.84 Å². The van der Waals surface area contributed by atoms with Gasteiger partial charge in [-0.2, -0.15) is 0 Å². The van der Waals surface area contributed by atoms with Gasteiger partial charge in [0.25, 0.3) is 0 Å². The van der Waals surface area contributed by atoms with Gasteiger partial charge in [-0.25, -0.2) is 4.39 Å². The Labute approximate surface area is 112 Å². The molecule has 0 amide bonds. The molecule has 3 N–H and O–H groups in total. The molecule has 0 saturated heterocycles. The summed E-state index contributed by atoms with van der Waals surface area (Å²) in [7, 11) is 2.01. The highest BCUT2D eigenvalue weighted by atomic mass is 19.1. The van der Waals surface area contributed by atoms with E-state index in [1.165, 1.54) is 18.9 Å². The predicted molar refractivity (Wildman–Crippen MR) is 72.6 cm³/mol. The summed E-state index contributed by atoms with van der Waals surface area (Å²) in [5.41, 5.74) is 6.45. The molecule has 1 fully saturated rings. The molecule has 0 radical (unpaired) electrons. The van der Waals surface area contributed by atoms with Crippen molar-refractivity contribution in [2.24, 2.45) is 16.8 Å². The molecule has 1 saturated carbocycles. The van der Waals surface area contributed by atoms with Crippen molar-refractivity contribution in [3.63, 3.8) is 0 Å². The van der Waals surface area contributed by atoms with Crippen molar-refractivity contribution in [1.29, 1.82) is 0 Å². The fraction of sp³-hybridized carbons (Fsp3) is 0.500. The molecule has 5 heteroatoms. The fourth-order valence-corrected chi connectivity index (χ4v) is 2.24. The van der Waals surface area contributed by atoms with Gasteiger partial charge < -0.3 is 10.9 Å². The maximum absolute atomic E-state index is 14.0. The first-order valence-electron chi connectivity index (χ1n) is 6.49. The van der Waals surface area contributed by atoms with E-state index in [1.54, 1.807) is 12.1 Å². The first-order valence-corrected chi connectivity index (χ1v) is 6.49. The van der Waals surface area contributed by atoms with E-state index in [-0.39, 0.29) is 11.7 Å². The Morgan fingerprint density at radius 2 is 2.26 bits per heavy atom. The number of hydrogen-bond donors (Lipinski definition) is 2. The Hall–Kier alpha value is -1.62. The molecule has 19 heavy (non-hydrogen) atoms. The minimum absolute atomic E-state index is 0.0786. The number of nitrogens with zero attached hydrogens (tertiary/aromatic N) is 2. The molecule has 1 aromatic rings. The topological polar surface area (TPSA) is 61.8 Å². The third-order valence-corrected chi connectivity index (χ3v) is 3.88. The highest BCUT2D eigenvalue weighted by Gasteiger charge is 2.30. The standard InChI is InChI=1S/C14H20FN3O/c1-9(10-3-4-10)18(2)8-12-6-5-11(7-13(12)15)14(16)17-19/h5-7,9-10,19H,3-4,8H2,1-2H3,(H2,16,17). The summed E-state index contributed by atoms with van der Waals surface area (Å²) in [6.07, 6.45) is 2.55. The number of amidine groups is 1. The molecule has 1 aliphatic rings. The Kier molecular flexibility index (Phi) is 4.04. The van der Waals surface area contributed by atoms with Crippen LogP contribution in [0.25, 0.3) is 0 Å². The SMILES string of the molecule is CC(C1CC1)N(C)Cc1ccc(/C(N)=N/O)cc1F. The summed E-state index contributed by atoms with van der Waals surface area (Å²) in [5.74, 6) is 0.355. The zero-order valence-corrected chi connectivity index (χ0v) is 11.3. The molecule has 0 aromatic heterocycles. The van der Waals surface area contributed by atoms with Crippen LogP contribution in [0.3, 0.4) is 0 Å². The van der Waals surface area contributed by atoms with Gasteiger partial charge >= 0.3 is 0 Å². The zero-order valence-electron chi connectivity index (χ0n) is 11.3. The minimum Gasteiger partial charge on any atom is -0.409 e. The molecule has 4 nitrogen and oxygen atoms in total. The van der Waals surface area contributed by atoms with Crippen molar-refractivity contribution < 1.29 is 9.60 Å². The van der Waals surface area contributed by atoms with Crippen LogP contribution in [0.2, 0.25) is 0 Å². The number of halogens is 1. The second kappa shape index (κ2) is 5.57. The van der Waals surface area contributed by atoms with Gasteiger partial charge in [0.1, 0.15) is 5.82 Å². The number of nitrogens with two attached hydrogens (primary N) is 1. The number of rotatable bonds is 5. The summed E-state index contributed by atoms with van der Waals surface area (Å²) in [5, 5.41) is 11.4. The van der Waals surface area contributed by atoms with Crippen LogP contribution >= 0.6 is 0 Å². The quantitative estimate of drug-likeness (QED) is 0.371. The largest absolute Gasteiger partial charge is 0.409 e. The third-order valence-electron chi connectivity index (χ3n) is 3.88. The Morgan fingerprint density at radius 1 is 1.58 bits per heavy atom. The van der Waals surface area contributed by atoms with Crippen LogP contribution in [0.5, 0.6) is 0 Å². The molecule has 1 atom stereocenters. The van der Waals surface area contributed by atoms with E-state index in [4.69, 9.17) is 10.9 Å². The van der Waals surface area contributed by atoms with Crippen molar-refractivity contribution in [3.05, 3.63) is 35.1 Å². The van der Waals surface area contributed by atoms with Crippen LogP contribution in [0, 0.1) is 11.7 Å². The lowest BCUT2D eigenvalue weighted by atomic mass is 10.1. The van der Waals surface area contributed by atoms with E-state index >= 15 is 0 Å². The highest BCUT2D eigenvalue weighted by molar-refractivity contribution is 5.97. The Morgan fingerprint density at radius 3 is 2.79 bits per heavy atom. The minimum atomic E-state index is -0.320. The van der Waals surface area contributed by atoms with Gasteiger partial charge in [-0.05, 0) is 38.8 Å². The van der Waals surface area contributed by atoms with Gasteiger partial charge in [-0.1, -0.05) is 17.3 Å². The van der Waals surface area contributed by atoms with Gasteiger partial charge in [-0.3, -0.25) is 4.90 Å². The van der Waals surface area contributed by atoms with Crippen molar-refractivity contribution in [2.75, 3.05) is 7.05 Å². The fourth-order valence-electron chi connectivity index (χ4n) is 2.24. The molecule has 0 aliphatic heterocycles. The molecule has 104 valence electrons. The van der Waals surface area contributed by atoms with Crippen LogP contribution in [0.4, 0.5) is 4.39 Å². The molecule has 0 spiro atoms. The van der Waals surface area contributed by atoms with Crippen LogP contribution in [-0.2, 0) is 6.54 Å². The molecule has 0 heterocycles. The van der Waals surface area contributed by atoms with E-state index in [9.17, 15) is 4.39 Å². The van der Waals surface area contributed by atoms with Crippen LogP contribution < -0.4 is 5.73 Å². The van der Waals surface area contributed by atoms with Gasteiger partial charge in [-0.15, -0.1) is 0 Å². The normalized spacial score (nSPS) is 17.8. The van der Waals surface area contributed by atoms with Crippen molar-refractivity contribution in [2.45, 2.75) is 32.4 Å². The van der Waals surface area contributed by atoms with Crippen molar-refractivity contribution in [3.8, 4) is 0 Å². The van der Waals surface area contributed by atoms with E-state index in [2.05, 4.69) is 17.0 Å². The molecule has 0 bridgehead atoms. The first kappa shape index (κ1) is 13.8. The summed E-state index contributed by atoms with van der Waals surface area (Å²) in [4.78, 5) is 2.17. The molecular weight excluding hydrogens is 245 g/mol. The lowest BCUT2D eigenvalue weighted by molar-refractivity contribution is 0.224. The molecule has 1 aromatic carbocycles.